The van der Waals surface area contributed by atoms with Gasteiger partial charge in [-0.25, -0.2) is 9.82 Å². The lowest BCUT2D eigenvalue weighted by Gasteiger charge is -2.14. The van der Waals surface area contributed by atoms with E-state index in [0.717, 1.165) is 14.7 Å². The van der Waals surface area contributed by atoms with E-state index in [0.29, 0.717) is 18.1 Å². The minimum absolute atomic E-state index is 0.229. The van der Waals surface area contributed by atoms with Crippen molar-refractivity contribution in [3.63, 3.8) is 0 Å². The van der Waals surface area contributed by atoms with Gasteiger partial charge < -0.3 is 9.47 Å². The molecule has 0 unspecified atom stereocenters. The largest absolute Gasteiger partial charge is 0.490 e. The van der Waals surface area contributed by atoms with Gasteiger partial charge in [0.2, 0.25) is 5.91 Å². The Morgan fingerprint density at radius 1 is 1.32 bits per heavy atom. The molecular formula is C18H18FIN2O3. The van der Waals surface area contributed by atoms with Crippen LogP contribution >= 0.6 is 22.6 Å². The highest BCUT2D eigenvalue weighted by Gasteiger charge is 2.12. The minimum Gasteiger partial charge on any atom is -0.490 e. The number of halogens is 2. The van der Waals surface area contributed by atoms with Gasteiger partial charge in [-0.3, -0.25) is 4.79 Å². The number of benzene rings is 2. The summed E-state index contributed by atoms with van der Waals surface area (Å²) in [7, 11) is 0. The molecule has 0 radical (unpaired) electrons. The van der Waals surface area contributed by atoms with Crippen LogP contribution in [0, 0.1) is 9.39 Å². The average molecular weight is 456 g/mol. The summed E-state index contributed by atoms with van der Waals surface area (Å²) in [4.78, 5) is 10.9. The molecule has 0 aliphatic heterocycles. The molecule has 5 nitrogen and oxygen atoms in total. The molecule has 0 saturated heterocycles. The number of hydrogen-bond donors (Lipinski definition) is 1. The Balaban J connectivity index is 2.21. The fraction of sp³-hybridized carbons (Fsp3) is 0.222. The zero-order chi connectivity index (χ0) is 18.2. The first-order valence-corrected chi connectivity index (χ1v) is 8.70. The molecule has 0 aliphatic carbocycles. The topological polar surface area (TPSA) is 59.9 Å². The Morgan fingerprint density at radius 3 is 2.80 bits per heavy atom. The van der Waals surface area contributed by atoms with E-state index in [1.165, 1.54) is 25.3 Å². The predicted octanol–water partition coefficient (Wildman–Crippen LogP) is 3.88. The fourth-order valence-corrected chi connectivity index (χ4v) is 2.83. The highest BCUT2D eigenvalue weighted by atomic mass is 127. The third-order valence-electron chi connectivity index (χ3n) is 3.04. The second kappa shape index (κ2) is 9.36. The molecule has 132 valence electrons. The maximum Gasteiger partial charge on any atom is 0.236 e. The SMILES string of the molecule is CCOc1cc(/C=N\NC(C)=O)cc(I)c1OCc1cccc(F)c1. The van der Waals surface area contributed by atoms with Crippen molar-refractivity contribution in [2.75, 3.05) is 6.61 Å². The van der Waals surface area contributed by atoms with Crippen molar-refractivity contribution < 1.29 is 18.7 Å². The Morgan fingerprint density at radius 2 is 2.12 bits per heavy atom. The van der Waals surface area contributed by atoms with Crippen LogP contribution in [0.25, 0.3) is 0 Å². The van der Waals surface area contributed by atoms with E-state index in [9.17, 15) is 9.18 Å². The smallest absolute Gasteiger partial charge is 0.236 e. The molecule has 0 saturated carbocycles. The van der Waals surface area contributed by atoms with Gasteiger partial charge in [0, 0.05) is 6.92 Å². The minimum atomic E-state index is -0.301. The summed E-state index contributed by atoms with van der Waals surface area (Å²) in [6.45, 7) is 3.96. The van der Waals surface area contributed by atoms with E-state index in [2.05, 4.69) is 33.1 Å². The lowest BCUT2D eigenvalue weighted by atomic mass is 10.2. The molecule has 0 bridgehead atoms. The molecule has 0 aromatic heterocycles. The van der Waals surface area contributed by atoms with Gasteiger partial charge in [-0.05, 0) is 64.9 Å². The predicted molar refractivity (Wildman–Crippen MR) is 102 cm³/mol. The second-order valence-electron chi connectivity index (χ2n) is 5.11. The summed E-state index contributed by atoms with van der Waals surface area (Å²) in [5.41, 5.74) is 3.85. The lowest BCUT2D eigenvalue weighted by molar-refractivity contribution is -0.118. The summed E-state index contributed by atoms with van der Waals surface area (Å²) in [5.74, 6) is 0.606. The van der Waals surface area contributed by atoms with Crippen LogP contribution < -0.4 is 14.9 Å². The van der Waals surface area contributed by atoms with E-state index in [-0.39, 0.29) is 18.3 Å². The number of rotatable bonds is 7. The molecule has 0 spiro atoms. The number of amides is 1. The van der Waals surface area contributed by atoms with Gasteiger partial charge in [0.25, 0.3) is 0 Å². The van der Waals surface area contributed by atoms with Gasteiger partial charge in [0.05, 0.1) is 16.4 Å². The standard InChI is InChI=1S/C18H18FIN2O3/c1-3-24-17-9-14(10-21-22-12(2)23)8-16(20)18(17)25-11-13-5-4-6-15(19)7-13/h4-10H,3,11H2,1-2H3,(H,22,23)/b21-10-. The quantitative estimate of drug-likeness (QED) is 0.391. The van der Waals surface area contributed by atoms with Crippen molar-refractivity contribution in [3.05, 3.63) is 56.9 Å². The number of carbonyl (C=O) groups is 1. The summed E-state index contributed by atoms with van der Waals surface area (Å²) in [5, 5.41) is 3.85. The number of nitrogens with one attached hydrogen (secondary N) is 1. The molecule has 1 amide bonds. The summed E-state index contributed by atoms with van der Waals surface area (Å²) in [6.07, 6.45) is 1.53. The highest BCUT2D eigenvalue weighted by Crippen LogP contribution is 2.34. The number of carbonyl (C=O) groups excluding carboxylic acids is 1. The van der Waals surface area contributed by atoms with Crippen LogP contribution in [0.15, 0.2) is 41.5 Å². The maximum atomic E-state index is 13.3. The van der Waals surface area contributed by atoms with Crippen LogP contribution in [0.5, 0.6) is 11.5 Å². The monoisotopic (exact) mass is 456 g/mol. The molecular weight excluding hydrogens is 438 g/mol. The molecule has 0 fully saturated rings. The summed E-state index contributed by atoms with van der Waals surface area (Å²) in [6, 6.07) is 9.89. The highest BCUT2D eigenvalue weighted by molar-refractivity contribution is 14.1. The molecule has 7 heteroatoms. The zero-order valence-corrected chi connectivity index (χ0v) is 16.0. The first kappa shape index (κ1) is 19.2. The van der Waals surface area contributed by atoms with Gasteiger partial charge in [0.1, 0.15) is 12.4 Å². The molecule has 2 aromatic carbocycles. The van der Waals surface area contributed by atoms with Crippen molar-refractivity contribution >= 4 is 34.7 Å². The van der Waals surface area contributed by atoms with Crippen molar-refractivity contribution in [3.8, 4) is 11.5 Å². The van der Waals surface area contributed by atoms with E-state index in [4.69, 9.17) is 9.47 Å². The Hall–Kier alpha value is -2.16. The number of ether oxygens (including phenoxy) is 2. The first-order valence-electron chi connectivity index (χ1n) is 7.62. The van der Waals surface area contributed by atoms with Gasteiger partial charge in [-0.1, -0.05) is 12.1 Å². The van der Waals surface area contributed by atoms with Gasteiger partial charge >= 0.3 is 0 Å². The first-order chi connectivity index (χ1) is 12.0. The normalized spacial score (nSPS) is 10.7. The summed E-state index contributed by atoms with van der Waals surface area (Å²) >= 11 is 2.14. The molecule has 2 aromatic rings. The van der Waals surface area contributed by atoms with Crippen molar-refractivity contribution in [2.45, 2.75) is 20.5 Å². The van der Waals surface area contributed by atoms with Crippen LogP contribution in [0.1, 0.15) is 25.0 Å². The Bertz CT molecular complexity index is 781. The third kappa shape index (κ3) is 6.00. The van der Waals surface area contributed by atoms with E-state index in [1.807, 2.05) is 13.0 Å². The van der Waals surface area contributed by atoms with Crippen LogP contribution in [0.3, 0.4) is 0 Å². The molecule has 0 aliphatic rings. The van der Waals surface area contributed by atoms with Crippen LogP contribution in [0.2, 0.25) is 0 Å². The average Bonchev–Trinajstić information content (AvgIpc) is 2.54. The van der Waals surface area contributed by atoms with E-state index in [1.54, 1.807) is 18.2 Å². The van der Waals surface area contributed by atoms with Crippen LogP contribution in [-0.2, 0) is 11.4 Å². The zero-order valence-electron chi connectivity index (χ0n) is 13.9. The molecule has 25 heavy (non-hydrogen) atoms. The van der Waals surface area contributed by atoms with Gasteiger partial charge in [0.15, 0.2) is 11.5 Å². The van der Waals surface area contributed by atoms with Crippen LogP contribution in [-0.4, -0.2) is 18.7 Å². The third-order valence-corrected chi connectivity index (χ3v) is 3.84. The van der Waals surface area contributed by atoms with Gasteiger partial charge in [-0.15, -0.1) is 0 Å². The summed E-state index contributed by atoms with van der Waals surface area (Å²) < 4.78 is 25.6. The van der Waals surface area contributed by atoms with Gasteiger partial charge in [-0.2, -0.15) is 5.10 Å². The maximum absolute atomic E-state index is 13.3. The molecule has 1 N–H and O–H groups in total. The van der Waals surface area contributed by atoms with Crippen molar-refractivity contribution in [1.29, 1.82) is 0 Å². The van der Waals surface area contributed by atoms with E-state index < -0.39 is 0 Å². The number of nitrogens with zero attached hydrogens (tertiary/aromatic N) is 1. The van der Waals surface area contributed by atoms with Crippen molar-refractivity contribution in [2.24, 2.45) is 5.10 Å². The molecule has 0 heterocycles. The van der Waals surface area contributed by atoms with Crippen molar-refractivity contribution in [1.82, 2.24) is 5.43 Å². The Labute approximate surface area is 159 Å². The molecule has 2 rings (SSSR count). The molecule has 0 atom stereocenters. The van der Waals surface area contributed by atoms with Crippen LogP contribution in [0.4, 0.5) is 4.39 Å². The fourth-order valence-electron chi connectivity index (χ4n) is 2.05. The van der Waals surface area contributed by atoms with E-state index >= 15 is 0 Å². The number of hydrazone groups is 1. The number of hydrogen-bond acceptors (Lipinski definition) is 4. The lowest BCUT2D eigenvalue weighted by Crippen LogP contribution is -2.12. The Kier molecular flexibility index (Phi) is 7.17. The second-order valence-corrected chi connectivity index (χ2v) is 6.27.